The molecule has 2 aromatic rings. The van der Waals surface area contributed by atoms with Crippen LogP contribution in [0.3, 0.4) is 0 Å². The molecule has 2 nitrogen and oxygen atoms in total. The van der Waals surface area contributed by atoms with Gasteiger partial charge in [-0.15, -0.1) is 0 Å². The van der Waals surface area contributed by atoms with Crippen LogP contribution in [0.25, 0.3) is 0 Å². The van der Waals surface area contributed by atoms with Crippen molar-refractivity contribution in [2.75, 3.05) is 11.1 Å². The number of hydrogen-bond donors (Lipinski definition) is 2. The maximum atomic E-state index is 12.8. The van der Waals surface area contributed by atoms with Crippen LogP contribution in [0.2, 0.25) is 0 Å². The molecule has 0 aliphatic carbocycles. The van der Waals surface area contributed by atoms with E-state index in [1.807, 2.05) is 19.1 Å². The lowest BCUT2D eigenvalue weighted by atomic mass is 10.1. The molecule has 0 aliphatic rings. The second-order valence-corrected chi connectivity index (χ2v) is 5.24. The van der Waals surface area contributed by atoms with Crippen LogP contribution in [0, 0.1) is 6.92 Å². The predicted molar refractivity (Wildman–Crippen MR) is 78.0 cm³/mol. The molecule has 0 heterocycles. The summed E-state index contributed by atoms with van der Waals surface area (Å²) in [4.78, 5) is 0. The molecule has 0 aliphatic heterocycles. The van der Waals surface area contributed by atoms with Crippen molar-refractivity contribution in [3.8, 4) is 0 Å². The summed E-state index contributed by atoms with van der Waals surface area (Å²) in [5.41, 5.74) is 6.28. The summed E-state index contributed by atoms with van der Waals surface area (Å²) in [5, 5.41) is 2.94. The molecular formula is C14H12BrF3N2. The van der Waals surface area contributed by atoms with Gasteiger partial charge in [0.15, 0.2) is 0 Å². The number of benzene rings is 2. The predicted octanol–water partition coefficient (Wildman–Crippen LogP) is 5.10. The normalized spacial score (nSPS) is 11.4. The van der Waals surface area contributed by atoms with Gasteiger partial charge in [-0.1, -0.05) is 15.9 Å². The van der Waals surface area contributed by atoms with E-state index in [1.54, 1.807) is 6.07 Å². The Morgan fingerprint density at radius 2 is 1.65 bits per heavy atom. The molecule has 0 spiro atoms. The van der Waals surface area contributed by atoms with Crippen LogP contribution in [0.1, 0.15) is 11.1 Å². The van der Waals surface area contributed by atoms with Crippen LogP contribution in [0.15, 0.2) is 40.9 Å². The summed E-state index contributed by atoms with van der Waals surface area (Å²) in [6, 6.07) is 9.22. The van der Waals surface area contributed by atoms with Crippen LogP contribution in [0.5, 0.6) is 0 Å². The van der Waals surface area contributed by atoms with E-state index in [1.165, 1.54) is 12.1 Å². The average molecular weight is 345 g/mol. The van der Waals surface area contributed by atoms with E-state index in [2.05, 4.69) is 21.2 Å². The van der Waals surface area contributed by atoms with Crippen LogP contribution < -0.4 is 11.1 Å². The highest BCUT2D eigenvalue weighted by Gasteiger charge is 2.33. The van der Waals surface area contributed by atoms with E-state index in [4.69, 9.17) is 5.73 Å². The van der Waals surface area contributed by atoms with Gasteiger partial charge >= 0.3 is 6.18 Å². The monoisotopic (exact) mass is 344 g/mol. The number of aryl methyl sites for hydroxylation is 1. The minimum Gasteiger partial charge on any atom is -0.398 e. The van der Waals surface area contributed by atoms with Crippen molar-refractivity contribution in [2.24, 2.45) is 0 Å². The summed E-state index contributed by atoms with van der Waals surface area (Å²) < 4.78 is 39.3. The van der Waals surface area contributed by atoms with E-state index in [9.17, 15) is 13.2 Å². The molecule has 0 amide bonds. The van der Waals surface area contributed by atoms with Gasteiger partial charge < -0.3 is 11.1 Å². The second-order valence-electron chi connectivity index (χ2n) is 4.39. The number of anilines is 3. The van der Waals surface area contributed by atoms with E-state index >= 15 is 0 Å². The fourth-order valence-electron chi connectivity index (χ4n) is 1.77. The van der Waals surface area contributed by atoms with Gasteiger partial charge in [0, 0.05) is 21.5 Å². The molecule has 0 atom stereocenters. The first-order valence-electron chi connectivity index (χ1n) is 5.77. The first-order chi connectivity index (χ1) is 9.27. The van der Waals surface area contributed by atoms with E-state index in [-0.39, 0.29) is 5.69 Å². The van der Waals surface area contributed by atoms with E-state index in [0.29, 0.717) is 11.4 Å². The zero-order chi connectivity index (χ0) is 14.9. The Morgan fingerprint density at radius 1 is 1.05 bits per heavy atom. The third-order valence-corrected chi connectivity index (χ3v) is 3.70. The molecule has 0 saturated heterocycles. The minimum atomic E-state index is -4.46. The third-order valence-electron chi connectivity index (χ3n) is 2.81. The Morgan fingerprint density at radius 3 is 2.25 bits per heavy atom. The zero-order valence-corrected chi connectivity index (χ0v) is 12.1. The highest BCUT2D eigenvalue weighted by atomic mass is 79.9. The Balaban J connectivity index is 2.32. The van der Waals surface area contributed by atoms with Crippen molar-refractivity contribution in [3.05, 3.63) is 52.0 Å². The smallest absolute Gasteiger partial charge is 0.398 e. The van der Waals surface area contributed by atoms with Gasteiger partial charge in [0.05, 0.1) is 5.56 Å². The fraction of sp³-hybridized carbons (Fsp3) is 0.143. The van der Waals surface area contributed by atoms with Crippen molar-refractivity contribution < 1.29 is 13.2 Å². The maximum Gasteiger partial charge on any atom is 0.418 e. The van der Waals surface area contributed by atoms with E-state index < -0.39 is 11.7 Å². The van der Waals surface area contributed by atoms with Crippen molar-refractivity contribution in [2.45, 2.75) is 13.1 Å². The maximum absolute atomic E-state index is 12.8. The van der Waals surface area contributed by atoms with Crippen molar-refractivity contribution >= 4 is 33.0 Å². The summed E-state index contributed by atoms with van der Waals surface area (Å²) >= 11 is 3.37. The van der Waals surface area contributed by atoms with Gasteiger partial charge in [-0.3, -0.25) is 0 Å². The van der Waals surface area contributed by atoms with Gasteiger partial charge in [0.25, 0.3) is 0 Å². The number of alkyl halides is 3. The van der Waals surface area contributed by atoms with Gasteiger partial charge in [0.2, 0.25) is 0 Å². The summed E-state index contributed by atoms with van der Waals surface area (Å²) in [5.74, 6) is 0. The molecule has 0 bridgehead atoms. The lowest BCUT2D eigenvalue weighted by Gasteiger charge is -2.13. The lowest BCUT2D eigenvalue weighted by Crippen LogP contribution is -2.09. The average Bonchev–Trinajstić information content (AvgIpc) is 2.35. The lowest BCUT2D eigenvalue weighted by molar-refractivity contribution is -0.136. The van der Waals surface area contributed by atoms with Crippen molar-refractivity contribution in [3.63, 3.8) is 0 Å². The molecule has 106 valence electrons. The molecule has 2 rings (SSSR count). The molecule has 6 heteroatoms. The number of nitrogens with one attached hydrogen (secondary N) is 1. The molecule has 2 aromatic carbocycles. The van der Waals surface area contributed by atoms with Crippen LogP contribution in [0.4, 0.5) is 30.2 Å². The number of nitrogens with two attached hydrogens (primary N) is 1. The van der Waals surface area contributed by atoms with E-state index in [0.717, 1.165) is 16.1 Å². The topological polar surface area (TPSA) is 38.0 Å². The number of halogens is 4. The second kappa shape index (κ2) is 5.36. The molecular weight excluding hydrogens is 333 g/mol. The Labute approximate surface area is 122 Å². The highest BCUT2D eigenvalue weighted by molar-refractivity contribution is 9.10. The Hall–Kier alpha value is -1.69. The SMILES string of the molecule is Cc1cc(Nc2ccc(N)c(C(F)(F)F)c2)ccc1Br. The molecule has 0 saturated carbocycles. The van der Waals surface area contributed by atoms with Crippen LogP contribution in [-0.2, 0) is 6.18 Å². The molecule has 0 radical (unpaired) electrons. The van der Waals surface area contributed by atoms with Crippen LogP contribution >= 0.6 is 15.9 Å². The molecule has 20 heavy (non-hydrogen) atoms. The summed E-state index contributed by atoms with van der Waals surface area (Å²) in [7, 11) is 0. The molecule has 0 aromatic heterocycles. The quantitative estimate of drug-likeness (QED) is 0.743. The highest BCUT2D eigenvalue weighted by Crippen LogP contribution is 2.35. The number of hydrogen-bond acceptors (Lipinski definition) is 2. The first kappa shape index (κ1) is 14.7. The first-order valence-corrected chi connectivity index (χ1v) is 6.56. The Bertz CT molecular complexity index is 639. The summed E-state index contributed by atoms with van der Waals surface area (Å²) in [6.45, 7) is 1.90. The summed E-state index contributed by atoms with van der Waals surface area (Å²) in [6.07, 6.45) is -4.46. The minimum absolute atomic E-state index is 0.282. The Kier molecular flexibility index (Phi) is 3.94. The molecule has 3 N–H and O–H groups in total. The fourth-order valence-corrected chi connectivity index (χ4v) is 2.02. The molecule has 0 unspecified atom stereocenters. The molecule has 0 fully saturated rings. The number of rotatable bonds is 2. The number of nitrogen functional groups attached to an aromatic ring is 1. The third kappa shape index (κ3) is 3.25. The largest absolute Gasteiger partial charge is 0.418 e. The van der Waals surface area contributed by atoms with Gasteiger partial charge in [-0.2, -0.15) is 13.2 Å². The van der Waals surface area contributed by atoms with Crippen molar-refractivity contribution in [1.29, 1.82) is 0 Å². The van der Waals surface area contributed by atoms with Crippen LogP contribution in [-0.4, -0.2) is 0 Å². The van der Waals surface area contributed by atoms with Gasteiger partial charge in [-0.25, -0.2) is 0 Å². The standard InChI is InChI=1S/C14H12BrF3N2/c1-8-6-9(2-4-12(8)15)20-10-3-5-13(19)11(7-10)14(16,17)18/h2-7,20H,19H2,1H3. The zero-order valence-electron chi connectivity index (χ0n) is 10.6. The van der Waals surface area contributed by atoms with Gasteiger partial charge in [-0.05, 0) is 48.9 Å². The van der Waals surface area contributed by atoms with Gasteiger partial charge in [0.1, 0.15) is 0 Å². The van der Waals surface area contributed by atoms with Crippen molar-refractivity contribution in [1.82, 2.24) is 0 Å².